The third-order valence-corrected chi connectivity index (χ3v) is 6.48. The van der Waals surface area contributed by atoms with E-state index in [-0.39, 0.29) is 5.11 Å². The van der Waals surface area contributed by atoms with Crippen LogP contribution < -0.4 is 10.7 Å². The molecule has 4 aromatic rings. The van der Waals surface area contributed by atoms with E-state index in [1.807, 2.05) is 37.3 Å². The highest BCUT2D eigenvalue weighted by molar-refractivity contribution is 7.98. The van der Waals surface area contributed by atoms with Gasteiger partial charge in [-0.2, -0.15) is 0 Å². The van der Waals surface area contributed by atoms with E-state index in [4.69, 9.17) is 39.8 Å². The molecule has 1 amide bonds. The number of hydrogen-bond acceptors (Lipinski definition) is 6. The number of nitrogens with zero attached hydrogens (tertiary/aromatic N) is 3. The van der Waals surface area contributed by atoms with Crippen LogP contribution in [0.15, 0.2) is 76.3 Å². The molecule has 0 saturated heterocycles. The van der Waals surface area contributed by atoms with E-state index in [1.54, 1.807) is 41.1 Å². The molecule has 0 aliphatic carbocycles. The van der Waals surface area contributed by atoms with Crippen molar-refractivity contribution in [2.75, 3.05) is 5.43 Å². The third kappa shape index (κ3) is 6.98. The molecule has 0 fully saturated rings. The highest BCUT2D eigenvalue weighted by Crippen LogP contribution is 2.29. The van der Waals surface area contributed by atoms with Crippen LogP contribution in [0.1, 0.15) is 24.1 Å². The first-order valence-electron chi connectivity index (χ1n) is 10.9. The largest absolute Gasteiger partial charge is 0.457 e. The monoisotopic (exact) mass is 557 g/mol. The van der Waals surface area contributed by atoms with Crippen LogP contribution in [0.2, 0.25) is 10.0 Å². The molecular formula is C25H21Cl2N5O2S2. The van der Waals surface area contributed by atoms with Crippen LogP contribution in [0.3, 0.4) is 0 Å². The highest BCUT2D eigenvalue weighted by Gasteiger charge is 2.14. The van der Waals surface area contributed by atoms with Crippen LogP contribution in [0, 0.1) is 0 Å². The first-order valence-corrected chi connectivity index (χ1v) is 13.0. The molecule has 0 spiro atoms. The normalized spacial score (nSPS) is 11.1. The maximum absolute atomic E-state index is 12.4. The summed E-state index contributed by atoms with van der Waals surface area (Å²) in [6, 6.07) is 18.7. The van der Waals surface area contributed by atoms with Crippen molar-refractivity contribution < 1.29 is 9.21 Å². The molecule has 0 atom stereocenters. The first-order chi connectivity index (χ1) is 17.4. The highest BCUT2D eigenvalue weighted by atomic mass is 35.5. The van der Waals surface area contributed by atoms with Crippen molar-refractivity contribution in [3.63, 3.8) is 0 Å². The topological polar surface area (TPSA) is 85.0 Å². The summed E-state index contributed by atoms with van der Waals surface area (Å²) in [5.74, 6) is 2.07. The number of carbonyl (C=O) groups excluding carboxylic acids is 1. The lowest BCUT2D eigenvalue weighted by Crippen LogP contribution is -2.38. The van der Waals surface area contributed by atoms with Gasteiger partial charge in [0.2, 0.25) is 11.1 Å². The average Bonchev–Trinajstić information content (AvgIpc) is 3.48. The van der Waals surface area contributed by atoms with Gasteiger partial charge in [-0.15, -0.1) is 10.2 Å². The molecule has 7 nitrogen and oxygen atoms in total. The number of aryl methyl sites for hydroxylation is 1. The minimum atomic E-state index is -0.416. The number of nitrogens with one attached hydrogen (secondary N) is 2. The Bertz CT molecular complexity index is 1380. The van der Waals surface area contributed by atoms with Gasteiger partial charge in [0.25, 0.3) is 0 Å². The molecule has 2 aromatic heterocycles. The van der Waals surface area contributed by atoms with Crippen molar-refractivity contribution in [1.82, 2.24) is 20.2 Å². The molecule has 36 heavy (non-hydrogen) atoms. The van der Waals surface area contributed by atoms with Gasteiger partial charge in [-0.1, -0.05) is 72.2 Å². The van der Waals surface area contributed by atoms with Gasteiger partial charge >= 0.3 is 0 Å². The zero-order valence-electron chi connectivity index (χ0n) is 19.1. The summed E-state index contributed by atoms with van der Waals surface area (Å²) in [4.78, 5) is 12.4. The summed E-state index contributed by atoms with van der Waals surface area (Å²) in [6.07, 6.45) is 3.52. The number of rotatable bonds is 8. The average molecular weight is 559 g/mol. The van der Waals surface area contributed by atoms with Gasteiger partial charge in [-0.25, -0.2) is 4.68 Å². The summed E-state index contributed by atoms with van der Waals surface area (Å²) in [6.45, 7) is 1.97. The van der Waals surface area contributed by atoms with Gasteiger partial charge in [0.05, 0.1) is 0 Å². The van der Waals surface area contributed by atoms with Crippen molar-refractivity contribution in [2.24, 2.45) is 0 Å². The standard InChI is InChI=1S/C25H21Cl2N5O2S2/c1-2-22-29-30-25(36-15-16-6-4-3-5-7-16)32(22)31-24(35)28-23(33)11-9-20-8-10-21(34-20)17-12-18(26)14-19(27)13-17/h3-14H,2,15H2,1H3,(H2,28,31,33,35)/b11-9+. The predicted molar refractivity (Wildman–Crippen MR) is 149 cm³/mol. The van der Waals surface area contributed by atoms with Crippen LogP contribution in [-0.4, -0.2) is 25.9 Å². The number of furan rings is 1. The van der Waals surface area contributed by atoms with E-state index in [2.05, 4.69) is 20.9 Å². The van der Waals surface area contributed by atoms with Crippen LogP contribution in [0.25, 0.3) is 17.4 Å². The second-order valence-electron chi connectivity index (χ2n) is 7.49. The van der Waals surface area contributed by atoms with Crippen molar-refractivity contribution in [2.45, 2.75) is 24.3 Å². The lowest BCUT2D eigenvalue weighted by atomic mass is 10.2. The molecule has 11 heteroatoms. The van der Waals surface area contributed by atoms with Crippen molar-refractivity contribution in [3.05, 3.63) is 93.9 Å². The van der Waals surface area contributed by atoms with E-state index >= 15 is 0 Å². The van der Waals surface area contributed by atoms with Gasteiger partial charge in [0.15, 0.2) is 10.9 Å². The molecule has 0 saturated carbocycles. The molecule has 0 aliphatic rings. The second-order valence-corrected chi connectivity index (χ2v) is 9.71. The molecule has 184 valence electrons. The summed E-state index contributed by atoms with van der Waals surface area (Å²) in [7, 11) is 0. The van der Waals surface area contributed by atoms with E-state index in [0.717, 1.165) is 16.9 Å². The lowest BCUT2D eigenvalue weighted by Gasteiger charge is -2.13. The van der Waals surface area contributed by atoms with Crippen molar-refractivity contribution in [1.29, 1.82) is 0 Å². The molecule has 0 radical (unpaired) electrons. The second kappa shape index (κ2) is 12.2. The Morgan fingerprint density at radius 1 is 1.11 bits per heavy atom. The van der Waals surface area contributed by atoms with Gasteiger partial charge < -0.3 is 4.42 Å². The van der Waals surface area contributed by atoms with Gasteiger partial charge in [0.1, 0.15) is 11.5 Å². The number of thioether (sulfide) groups is 1. The van der Waals surface area contributed by atoms with Crippen molar-refractivity contribution >= 4 is 64.3 Å². The van der Waals surface area contributed by atoms with Gasteiger partial charge in [-0.3, -0.25) is 15.5 Å². The molecule has 4 rings (SSSR count). The summed E-state index contributed by atoms with van der Waals surface area (Å²) in [5, 5.41) is 12.9. The fourth-order valence-electron chi connectivity index (χ4n) is 3.19. The quantitative estimate of drug-likeness (QED) is 0.148. The number of aromatic nitrogens is 3. The smallest absolute Gasteiger partial charge is 0.250 e. The van der Waals surface area contributed by atoms with E-state index in [1.165, 1.54) is 17.8 Å². The molecule has 0 aliphatic heterocycles. The minimum Gasteiger partial charge on any atom is -0.457 e. The van der Waals surface area contributed by atoms with Crippen LogP contribution >= 0.6 is 47.2 Å². The van der Waals surface area contributed by atoms with Gasteiger partial charge in [-0.05, 0) is 54.2 Å². The van der Waals surface area contributed by atoms with Crippen LogP contribution in [0.5, 0.6) is 0 Å². The fourth-order valence-corrected chi connectivity index (χ4v) is 4.78. The van der Waals surface area contributed by atoms with E-state index < -0.39 is 5.91 Å². The van der Waals surface area contributed by atoms with Crippen LogP contribution in [-0.2, 0) is 17.0 Å². The molecular weight excluding hydrogens is 537 g/mol. The Balaban J connectivity index is 1.36. The number of halogens is 2. The van der Waals surface area contributed by atoms with Crippen molar-refractivity contribution in [3.8, 4) is 11.3 Å². The Morgan fingerprint density at radius 2 is 1.86 bits per heavy atom. The Labute approximate surface area is 227 Å². The fraction of sp³-hybridized carbons (Fsp3) is 0.120. The first kappa shape index (κ1) is 26.0. The molecule has 2 aromatic carbocycles. The summed E-state index contributed by atoms with van der Waals surface area (Å²) in [5.41, 5.74) is 4.90. The molecule has 0 unspecified atom stereocenters. The number of hydrogen-bond donors (Lipinski definition) is 2. The van der Waals surface area contributed by atoms with Gasteiger partial charge in [0, 0.05) is 33.9 Å². The number of benzene rings is 2. The zero-order valence-corrected chi connectivity index (χ0v) is 22.2. The maximum Gasteiger partial charge on any atom is 0.250 e. The number of amides is 1. The Morgan fingerprint density at radius 3 is 2.58 bits per heavy atom. The lowest BCUT2D eigenvalue weighted by molar-refractivity contribution is -0.115. The molecule has 2 heterocycles. The molecule has 0 bridgehead atoms. The summed E-state index contributed by atoms with van der Waals surface area (Å²) >= 11 is 19.0. The zero-order chi connectivity index (χ0) is 25.5. The summed E-state index contributed by atoms with van der Waals surface area (Å²) < 4.78 is 7.46. The van der Waals surface area contributed by atoms with Crippen LogP contribution in [0.4, 0.5) is 0 Å². The third-order valence-electron chi connectivity index (χ3n) is 4.85. The number of carbonyl (C=O) groups is 1. The van der Waals surface area contributed by atoms with E-state index in [9.17, 15) is 4.79 Å². The minimum absolute atomic E-state index is 0.120. The maximum atomic E-state index is 12.4. The predicted octanol–water partition coefficient (Wildman–Crippen LogP) is 6.36. The Kier molecular flexibility index (Phi) is 8.82. The van der Waals surface area contributed by atoms with E-state index in [0.29, 0.717) is 39.0 Å². The number of thiocarbonyl (C=S) groups is 1. The SMILES string of the molecule is CCc1nnc(SCc2ccccc2)n1NC(=S)NC(=O)/C=C/c1ccc(-c2cc(Cl)cc(Cl)c2)o1. The Hall–Kier alpha value is -3.11. The molecule has 2 N–H and O–H groups in total.